The van der Waals surface area contributed by atoms with Crippen LogP contribution in [-0.4, -0.2) is 41.5 Å². The molecule has 1 amide bonds. The van der Waals surface area contributed by atoms with E-state index < -0.39 is 23.6 Å². The molecule has 1 fully saturated rings. The number of nitrogens with zero attached hydrogens (tertiary/aromatic N) is 3. The van der Waals surface area contributed by atoms with Crippen LogP contribution >= 0.6 is 0 Å². The third kappa shape index (κ3) is 4.52. The molecule has 2 aliphatic heterocycles. The van der Waals surface area contributed by atoms with Crippen LogP contribution in [0.5, 0.6) is 0 Å². The van der Waals surface area contributed by atoms with Crippen molar-refractivity contribution in [1.29, 1.82) is 0 Å². The Morgan fingerprint density at radius 3 is 2.69 bits per heavy atom. The lowest BCUT2D eigenvalue weighted by Gasteiger charge is -2.34. The Morgan fingerprint density at radius 1 is 1.28 bits per heavy atom. The van der Waals surface area contributed by atoms with E-state index in [-0.39, 0.29) is 23.5 Å². The van der Waals surface area contributed by atoms with Crippen molar-refractivity contribution in [3.63, 3.8) is 0 Å². The predicted molar refractivity (Wildman–Crippen MR) is 113 cm³/mol. The van der Waals surface area contributed by atoms with E-state index in [4.69, 9.17) is 5.73 Å². The molecule has 0 saturated carbocycles. The second kappa shape index (κ2) is 8.73. The number of alkyl halides is 3. The van der Waals surface area contributed by atoms with Gasteiger partial charge in [-0.15, -0.1) is 0 Å². The van der Waals surface area contributed by atoms with Crippen molar-refractivity contribution in [3.05, 3.63) is 47.5 Å². The van der Waals surface area contributed by atoms with Crippen LogP contribution in [0.15, 0.2) is 35.3 Å². The number of anilines is 2. The number of aliphatic imine (C=N–C) groups is 1. The molecule has 1 aromatic heterocycles. The van der Waals surface area contributed by atoms with Gasteiger partial charge in [0.1, 0.15) is 22.9 Å². The standard InChI is InChI=1S/C21H22F4N6O/c22-13-2-1-3-15(19(13)31-8-6-12(11-26)7-9-31)28-20(32)16-5-4-14(27-16)17-10-18(30-29-17)21(23,24)25/h1-4,10,12H,5-9,11,26H2,(H,28,32)(H,29,30). The molecular weight excluding hydrogens is 428 g/mol. The molecule has 1 saturated heterocycles. The van der Waals surface area contributed by atoms with Crippen molar-refractivity contribution in [3.8, 4) is 0 Å². The van der Waals surface area contributed by atoms with Gasteiger partial charge in [0.05, 0.1) is 17.1 Å². The molecule has 2 aromatic rings. The van der Waals surface area contributed by atoms with Crippen molar-refractivity contribution in [2.45, 2.75) is 25.4 Å². The molecular formula is C21H22F4N6O. The van der Waals surface area contributed by atoms with Gasteiger partial charge in [0.15, 0.2) is 0 Å². The average Bonchev–Trinajstić information content (AvgIpc) is 3.44. The number of rotatable bonds is 5. The fraction of sp³-hybridized carbons (Fsp3) is 0.381. The maximum absolute atomic E-state index is 14.7. The SMILES string of the molecule is NCC1CCN(c2c(F)cccc2NC(=O)C2=NC(c3cc(C(F)(F)F)[nH]n3)=CC2)CC1. The summed E-state index contributed by atoms with van der Waals surface area (Å²) in [5, 5.41) is 8.25. The summed E-state index contributed by atoms with van der Waals surface area (Å²) >= 11 is 0. The van der Waals surface area contributed by atoms with E-state index >= 15 is 0 Å². The second-order valence-electron chi connectivity index (χ2n) is 7.77. The summed E-state index contributed by atoms with van der Waals surface area (Å²) in [4.78, 5) is 18.8. The molecule has 0 aliphatic carbocycles. The highest BCUT2D eigenvalue weighted by Gasteiger charge is 2.34. The highest BCUT2D eigenvalue weighted by Crippen LogP contribution is 2.33. The van der Waals surface area contributed by atoms with Crippen molar-refractivity contribution in [2.75, 3.05) is 29.9 Å². The number of hydrogen-bond acceptors (Lipinski definition) is 5. The first kappa shape index (κ1) is 22.0. The Kier molecular flexibility index (Phi) is 6.00. The highest BCUT2D eigenvalue weighted by atomic mass is 19.4. The molecule has 4 N–H and O–H groups in total. The van der Waals surface area contributed by atoms with Gasteiger partial charge in [0, 0.05) is 19.5 Å². The third-order valence-electron chi connectivity index (χ3n) is 5.65. The van der Waals surface area contributed by atoms with Gasteiger partial charge in [-0.05, 0) is 43.5 Å². The van der Waals surface area contributed by atoms with Gasteiger partial charge in [0.2, 0.25) is 0 Å². The fourth-order valence-corrected chi connectivity index (χ4v) is 3.86. The zero-order chi connectivity index (χ0) is 22.9. The number of piperidine rings is 1. The van der Waals surface area contributed by atoms with Crippen LogP contribution in [0.4, 0.5) is 28.9 Å². The molecule has 1 aromatic carbocycles. The van der Waals surface area contributed by atoms with E-state index in [1.807, 2.05) is 10.00 Å². The Morgan fingerprint density at radius 2 is 2.03 bits per heavy atom. The lowest BCUT2D eigenvalue weighted by molar-refractivity contribution is -0.141. The van der Waals surface area contributed by atoms with E-state index in [2.05, 4.69) is 15.4 Å². The van der Waals surface area contributed by atoms with E-state index in [0.717, 1.165) is 18.9 Å². The van der Waals surface area contributed by atoms with Crippen LogP contribution < -0.4 is 16.0 Å². The van der Waals surface area contributed by atoms with Crippen LogP contribution in [0.1, 0.15) is 30.7 Å². The van der Waals surface area contributed by atoms with Gasteiger partial charge < -0.3 is 16.0 Å². The zero-order valence-corrected chi connectivity index (χ0v) is 17.0. The molecule has 0 bridgehead atoms. The van der Waals surface area contributed by atoms with Crippen LogP contribution in [-0.2, 0) is 11.0 Å². The number of hydrogen-bond donors (Lipinski definition) is 3. The van der Waals surface area contributed by atoms with Gasteiger partial charge in [-0.1, -0.05) is 12.1 Å². The van der Waals surface area contributed by atoms with E-state index in [9.17, 15) is 22.4 Å². The minimum atomic E-state index is -4.55. The average molecular weight is 450 g/mol. The number of para-hydroxylation sites is 1. The maximum atomic E-state index is 14.7. The Bertz CT molecular complexity index is 1070. The summed E-state index contributed by atoms with van der Waals surface area (Å²) in [5.74, 6) is -0.600. The molecule has 4 rings (SSSR count). The largest absolute Gasteiger partial charge is 0.432 e. The van der Waals surface area contributed by atoms with Crippen LogP contribution in [0.25, 0.3) is 5.70 Å². The summed E-state index contributed by atoms with van der Waals surface area (Å²) in [6.07, 6.45) is -1.23. The molecule has 7 nitrogen and oxygen atoms in total. The number of H-pyrrole nitrogens is 1. The van der Waals surface area contributed by atoms with Gasteiger partial charge in [0.25, 0.3) is 5.91 Å². The summed E-state index contributed by atoms with van der Waals surface area (Å²) in [7, 11) is 0. The number of halogens is 4. The third-order valence-corrected chi connectivity index (χ3v) is 5.65. The van der Waals surface area contributed by atoms with Crippen molar-refractivity contribution in [2.24, 2.45) is 16.6 Å². The zero-order valence-electron chi connectivity index (χ0n) is 17.0. The highest BCUT2D eigenvalue weighted by molar-refractivity contribution is 6.45. The van der Waals surface area contributed by atoms with E-state index in [1.54, 1.807) is 6.07 Å². The van der Waals surface area contributed by atoms with E-state index in [0.29, 0.717) is 36.9 Å². The quantitative estimate of drug-likeness (QED) is 0.607. The topological polar surface area (TPSA) is 99.4 Å². The Balaban J connectivity index is 1.49. The van der Waals surface area contributed by atoms with Gasteiger partial charge in [-0.25, -0.2) is 9.38 Å². The molecule has 0 atom stereocenters. The lowest BCUT2D eigenvalue weighted by atomic mass is 9.96. The van der Waals surface area contributed by atoms with Crippen LogP contribution in [0.3, 0.4) is 0 Å². The molecule has 11 heteroatoms. The molecule has 3 heterocycles. The minimum absolute atomic E-state index is 0.00524. The Labute approximate surface area is 181 Å². The van der Waals surface area contributed by atoms with Crippen molar-refractivity contribution < 1.29 is 22.4 Å². The number of aromatic amines is 1. The minimum Gasteiger partial charge on any atom is -0.367 e. The smallest absolute Gasteiger partial charge is 0.367 e. The number of amides is 1. The number of carbonyl (C=O) groups excluding carboxylic acids is 1. The molecule has 170 valence electrons. The first-order chi connectivity index (χ1) is 15.3. The number of nitrogens with one attached hydrogen (secondary N) is 2. The molecule has 32 heavy (non-hydrogen) atoms. The summed E-state index contributed by atoms with van der Waals surface area (Å²) in [5.41, 5.74) is 5.63. The summed E-state index contributed by atoms with van der Waals surface area (Å²) in [6, 6.07) is 5.29. The number of nitrogens with two attached hydrogens (primary N) is 1. The molecule has 0 radical (unpaired) electrons. The molecule has 0 spiro atoms. The number of aromatic nitrogens is 2. The number of carbonyl (C=O) groups is 1. The maximum Gasteiger partial charge on any atom is 0.432 e. The van der Waals surface area contributed by atoms with Crippen molar-refractivity contribution >= 4 is 28.7 Å². The van der Waals surface area contributed by atoms with Crippen molar-refractivity contribution in [1.82, 2.24) is 10.2 Å². The number of benzene rings is 1. The Hall–Kier alpha value is -3.21. The van der Waals surface area contributed by atoms with E-state index in [1.165, 1.54) is 18.2 Å². The van der Waals surface area contributed by atoms with Gasteiger partial charge in [-0.3, -0.25) is 9.89 Å². The van der Waals surface area contributed by atoms with Crippen LogP contribution in [0, 0.1) is 11.7 Å². The van der Waals surface area contributed by atoms with Gasteiger partial charge >= 0.3 is 6.18 Å². The monoisotopic (exact) mass is 450 g/mol. The molecule has 2 aliphatic rings. The summed E-state index contributed by atoms with van der Waals surface area (Å²) < 4.78 is 53.0. The summed E-state index contributed by atoms with van der Waals surface area (Å²) in [6.45, 7) is 1.84. The molecule has 0 unspecified atom stereocenters. The number of allylic oxidation sites excluding steroid dienone is 1. The second-order valence-corrected chi connectivity index (χ2v) is 7.77. The predicted octanol–water partition coefficient (Wildman–Crippen LogP) is 3.57. The fourth-order valence-electron chi connectivity index (χ4n) is 3.86. The van der Waals surface area contributed by atoms with Gasteiger partial charge in [-0.2, -0.15) is 18.3 Å². The first-order valence-electron chi connectivity index (χ1n) is 10.2. The normalized spacial score (nSPS) is 17.3. The lowest BCUT2D eigenvalue weighted by Crippen LogP contribution is -2.37. The first-order valence-corrected chi connectivity index (χ1v) is 10.2. The van der Waals surface area contributed by atoms with Crippen LogP contribution in [0.2, 0.25) is 0 Å².